The number of pyridine rings is 1. The summed E-state index contributed by atoms with van der Waals surface area (Å²) in [7, 11) is 2.90. The van der Waals surface area contributed by atoms with Crippen LogP contribution in [-0.2, 0) is 9.63 Å². The van der Waals surface area contributed by atoms with Crippen molar-refractivity contribution in [1.82, 2.24) is 10.0 Å². The molecule has 1 heterocycles. The van der Waals surface area contributed by atoms with E-state index in [0.29, 0.717) is 11.4 Å². The summed E-state index contributed by atoms with van der Waals surface area (Å²) < 4.78 is 0. The maximum atomic E-state index is 11.7. The number of rotatable bonds is 4. The zero-order valence-corrected chi connectivity index (χ0v) is 11.9. The SMILES string of the molecule is CON(C)C(=O)c1ccc(NC(=O)C(C)Br)nc1. The highest BCUT2D eigenvalue weighted by Gasteiger charge is 2.13. The number of amides is 2. The van der Waals surface area contributed by atoms with Crippen LogP contribution >= 0.6 is 15.9 Å². The Morgan fingerprint density at radius 1 is 1.50 bits per heavy atom. The molecule has 0 bridgehead atoms. The molecular formula is C11H14BrN3O3. The molecule has 7 heteroatoms. The summed E-state index contributed by atoms with van der Waals surface area (Å²) in [6.45, 7) is 1.71. The third-order valence-electron chi connectivity index (χ3n) is 2.18. The molecule has 0 fully saturated rings. The van der Waals surface area contributed by atoms with Gasteiger partial charge < -0.3 is 5.32 Å². The van der Waals surface area contributed by atoms with E-state index in [2.05, 4.69) is 26.2 Å². The van der Waals surface area contributed by atoms with Crippen LogP contribution in [0.25, 0.3) is 0 Å². The van der Waals surface area contributed by atoms with Crippen LogP contribution in [0.5, 0.6) is 0 Å². The van der Waals surface area contributed by atoms with Gasteiger partial charge in [-0.1, -0.05) is 15.9 Å². The molecule has 6 nitrogen and oxygen atoms in total. The van der Waals surface area contributed by atoms with Gasteiger partial charge in [-0.05, 0) is 19.1 Å². The molecule has 0 spiro atoms. The summed E-state index contributed by atoms with van der Waals surface area (Å²) in [5, 5.41) is 3.69. The number of hydroxylamine groups is 2. The molecule has 0 radical (unpaired) electrons. The molecule has 98 valence electrons. The first-order chi connectivity index (χ1) is 8.45. The Balaban J connectivity index is 2.74. The Kier molecular flexibility index (Phi) is 5.24. The van der Waals surface area contributed by atoms with Gasteiger partial charge in [-0.15, -0.1) is 0 Å². The van der Waals surface area contributed by atoms with Crippen molar-refractivity contribution >= 4 is 33.6 Å². The number of aromatic nitrogens is 1. The van der Waals surface area contributed by atoms with Gasteiger partial charge >= 0.3 is 0 Å². The fourth-order valence-electron chi connectivity index (χ4n) is 1.08. The van der Waals surface area contributed by atoms with Gasteiger partial charge in [-0.25, -0.2) is 10.0 Å². The van der Waals surface area contributed by atoms with Gasteiger partial charge in [0, 0.05) is 13.2 Å². The van der Waals surface area contributed by atoms with Crippen molar-refractivity contribution in [1.29, 1.82) is 0 Å². The van der Waals surface area contributed by atoms with Crippen LogP contribution in [0, 0.1) is 0 Å². The minimum absolute atomic E-state index is 0.199. The van der Waals surface area contributed by atoms with Crippen molar-refractivity contribution in [2.75, 3.05) is 19.5 Å². The molecule has 0 aliphatic rings. The van der Waals surface area contributed by atoms with Gasteiger partial charge in [0.05, 0.1) is 17.5 Å². The number of anilines is 1. The number of hydrogen-bond acceptors (Lipinski definition) is 4. The number of alkyl halides is 1. The minimum Gasteiger partial charge on any atom is -0.310 e. The highest BCUT2D eigenvalue weighted by Crippen LogP contribution is 2.09. The first-order valence-electron chi connectivity index (χ1n) is 5.19. The smallest absolute Gasteiger partial charge is 0.278 e. The van der Waals surface area contributed by atoms with Gasteiger partial charge in [0.2, 0.25) is 5.91 Å². The van der Waals surface area contributed by atoms with Crippen LogP contribution in [0.3, 0.4) is 0 Å². The first-order valence-corrected chi connectivity index (χ1v) is 6.10. The molecule has 1 atom stereocenters. The Labute approximate surface area is 113 Å². The van der Waals surface area contributed by atoms with Crippen LogP contribution in [0.1, 0.15) is 17.3 Å². The highest BCUT2D eigenvalue weighted by atomic mass is 79.9. The lowest BCUT2D eigenvalue weighted by Gasteiger charge is -2.13. The normalized spacial score (nSPS) is 11.8. The van der Waals surface area contributed by atoms with E-state index in [4.69, 9.17) is 4.84 Å². The summed E-state index contributed by atoms with van der Waals surface area (Å²) >= 11 is 3.15. The number of carbonyl (C=O) groups is 2. The van der Waals surface area contributed by atoms with Crippen molar-refractivity contribution in [2.45, 2.75) is 11.8 Å². The fourth-order valence-corrected chi connectivity index (χ4v) is 1.20. The first kappa shape index (κ1) is 14.6. The topological polar surface area (TPSA) is 71.5 Å². The molecular weight excluding hydrogens is 302 g/mol. The van der Waals surface area contributed by atoms with E-state index in [0.717, 1.165) is 5.06 Å². The van der Waals surface area contributed by atoms with Crippen LogP contribution in [0.2, 0.25) is 0 Å². The molecule has 1 aromatic heterocycles. The lowest BCUT2D eigenvalue weighted by molar-refractivity contribution is -0.115. The average Bonchev–Trinajstić information content (AvgIpc) is 2.37. The van der Waals surface area contributed by atoms with Gasteiger partial charge in [0.25, 0.3) is 5.91 Å². The number of nitrogens with one attached hydrogen (secondary N) is 1. The highest BCUT2D eigenvalue weighted by molar-refractivity contribution is 9.10. The van der Waals surface area contributed by atoms with Gasteiger partial charge in [-0.3, -0.25) is 14.4 Å². The van der Waals surface area contributed by atoms with E-state index < -0.39 is 0 Å². The molecule has 1 N–H and O–H groups in total. The van der Waals surface area contributed by atoms with Crippen molar-refractivity contribution in [2.24, 2.45) is 0 Å². The maximum absolute atomic E-state index is 11.7. The third kappa shape index (κ3) is 3.78. The molecule has 1 unspecified atom stereocenters. The molecule has 2 amide bonds. The predicted molar refractivity (Wildman–Crippen MR) is 70.4 cm³/mol. The Morgan fingerprint density at radius 2 is 2.17 bits per heavy atom. The van der Waals surface area contributed by atoms with Crippen molar-refractivity contribution in [3.63, 3.8) is 0 Å². The number of nitrogens with zero attached hydrogens (tertiary/aromatic N) is 2. The number of hydrogen-bond donors (Lipinski definition) is 1. The van der Waals surface area contributed by atoms with Crippen molar-refractivity contribution < 1.29 is 14.4 Å². The Bertz CT molecular complexity index is 434. The minimum atomic E-state index is -0.309. The van der Waals surface area contributed by atoms with E-state index >= 15 is 0 Å². The summed E-state index contributed by atoms with van der Waals surface area (Å²) in [6, 6.07) is 3.13. The molecule has 0 saturated carbocycles. The van der Waals surface area contributed by atoms with E-state index in [1.165, 1.54) is 20.4 Å². The van der Waals surface area contributed by atoms with Crippen LogP contribution in [0.4, 0.5) is 5.82 Å². The standard InChI is InChI=1S/C11H14BrN3O3/c1-7(12)10(16)14-9-5-4-8(6-13-9)11(17)15(2)18-3/h4-7H,1-3H3,(H,13,14,16). The maximum Gasteiger partial charge on any atom is 0.278 e. The van der Waals surface area contributed by atoms with Crippen molar-refractivity contribution in [3.8, 4) is 0 Å². The molecule has 1 aromatic rings. The van der Waals surface area contributed by atoms with Crippen molar-refractivity contribution in [3.05, 3.63) is 23.9 Å². The molecule has 0 aliphatic heterocycles. The summed E-state index contributed by atoms with van der Waals surface area (Å²) in [4.78, 5) is 31.5. The molecule has 1 rings (SSSR count). The summed E-state index contributed by atoms with van der Waals surface area (Å²) in [5.41, 5.74) is 0.379. The molecule has 0 aliphatic carbocycles. The average molecular weight is 316 g/mol. The van der Waals surface area contributed by atoms with E-state index in [-0.39, 0.29) is 16.6 Å². The summed E-state index contributed by atoms with van der Waals surface area (Å²) in [6.07, 6.45) is 1.38. The lowest BCUT2D eigenvalue weighted by Crippen LogP contribution is -2.25. The van der Waals surface area contributed by atoms with E-state index in [1.807, 2.05) is 0 Å². The van der Waals surface area contributed by atoms with Crippen LogP contribution in [0.15, 0.2) is 18.3 Å². The monoisotopic (exact) mass is 315 g/mol. The largest absolute Gasteiger partial charge is 0.310 e. The fraction of sp³-hybridized carbons (Fsp3) is 0.364. The third-order valence-corrected chi connectivity index (χ3v) is 2.60. The van der Waals surface area contributed by atoms with Crippen LogP contribution in [-0.4, -0.2) is 40.8 Å². The quantitative estimate of drug-likeness (QED) is 0.674. The number of carbonyl (C=O) groups excluding carboxylic acids is 2. The van der Waals surface area contributed by atoms with Gasteiger partial charge in [-0.2, -0.15) is 0 Å². The lowest BCUT2D eigenvalue weighted by atomic mass is 10.2. The predicted octanol–water partition coefficient (Wildman–Crippen LogP) is 1.44. The zero-order chi connectivity index (χ0) is 13.7. The van der Waals surface area contributed by atoms with Gasteiger partial charge in [0.15, 0.2) is 0 Å². The molecule has 0 aromatic carbocycles. The number of halogens is 1. The second kappa shape index (κ2) is 6.46. The second-order valence-electron chi connectivity index (χ2n) is 3.52. The van der Waals surface area contributed by atoms with Crippen LogP contribution < -0.4 is 5.32 Å². The second-order valence-corrected chi connectivity index (χ2v) is 4.90. The zero-order valence-electron chi connectivity index (χ0n) is 10.3. The molecule has 0 saturated heterocycles. The Hall–Kier alpha value is -1.47. The van der Waals surface area contributed by atoms with E-state index in [9.17, 15) is 9.59 Å². The Morgan fingerprint density at radius 3 is 2.61 bits per heavy atom. The van der Waals surface area contributed by atoms with Gasteiger partial charge in [0.1, 0.15) is 5.82 Å². The summed E-state index contributed by atoms with van der Waals surface area (Å²) in [5.74, 6) is -0.116. The molecule has 18 heavy (non-hydrogen) atoms. The van der Waals surface area contributed by atoms with E-state index in [1.54, 1.807) is 19.1 Å².